The Kier molecular flexibility index (Phi) is 6.72. The van der Waals surface area contributed by atoms with Crippen molar-refractivity contribution in [3.8, 4) is 23.0 Å². The molecule has 0 aliphatic rings. The fourth-order valence-corrected chi connectivity index (χ4v) is 2.80. The number of rotatable bonds is 9. The average Bonchev–Trinajstić information content (AvgIpc) is 2.73. The molecule has 0 radical (unpaired) electrons. The van der Waals surface area contributed by atoms with Crippen LogP contribution >= 0.6 is 0 Å². The summed E-state index contributed by atoms with van der Waals surface area (Å²) in [5.74, 6) is 3.21. The molecular formula is C23H25NO3. The third-order valence-electron chi connectivity index (χ3n) is 4.27. The molecule has 3 rings (SSSR count). The van der Waals surface area contributed by atoms with Crippen molar-refractivity contribution < 1.29 is 14.2 Å². The van der Waals surface area contributed by atoms with Gasteiger partial charge in [-0.1, -0.05) is 36.4 Å². The number of methoxy groups -OCH3 is 2. The predicted octanol–water partition coefficient (Wildman–Crippen LogP) is 4.83. The van der Waals surface area contributed by atoms with Crippen molar-refractivity contribution >= 4 is 0 Å². The van der Waals surface area contributed by atoms with Crippen molar-refractivity contribution in [1.29, 1.82) is 0 Å². The minimum Gasteiger partial charge on any atom is -0.493 e. The second-order valence-electron chi connectivity index (χ2n) is 6.18. The van der Waals surface area contributed by atoms with Crippen LogP contribution in [0, 0.1) is 0 Å². The lowest BCUT2D eigenvalue weighted by Crippen LogP contribution is -2.16. The molecule has 0 aliphatic carbocycles. The standard InChI is InChI=1S/C23H25NO3/c1-25-22-13-10-18(16-23(22)26-2)14-15-24-17-19-8-11-21(12-9-19)27-20-6-4-3-5-7-20/h3-13,16,24H,14-15,17H2,1-2H3. The van der Waals surface area contributed by atoms with E-state index in [1.807, 2.05) is 54.6 Å². The van der Waals surface area contributed by atoms with E-state index >= 15 is 0 Å². The highest BCUT2D eigenvalue weighted by Crippen LogP contribution is 2.27. The highest BCUT2D eigenvalue weighted by atomic mass is 16.5. The number of nitrogens with one attached hydrogen (secondary N) is 1. The molecule has 3 aromatic carbocycles. The topological polar surface area (TPSA) is 39.7 Å². The van der Waals surface area contributed by atoms with Crippen molar-refractivity contribution in [2.45, 2.75) is 13.0 Å². The molecule has 4 heteroatoms. The van der Waals surface area contributed by atoms with Crippen LogP contribution in [-0.4, -0.2) is 20.8 Å². The minimum absolute atomic E-state index is 0.757. The Bertz CT molecular complexity index is 832. The Balaban J connectivity index is 1.45. The molecule has 3 aromatic rings. The predicted molar refractivity (Wildman–Crippen MR) is 108 cm³/mol. The molecule has 0 amide bonds. The monoisotopic (exact) mass is 363 g/mol. The van der Waals surface area contributed by atoms with E-state index in [0.717, 1.165) is 42.5 Å². The first-order valence-corrected chi connectivity index (χ1v) is 9.02. The largest absolute Gasteiger partial charge is 0.493 e. The van der Waals surface area contributed by atoms with Crippen LogP contribution in [0.25, 0.3) is 0 Å². The smallest absolute Gasteiger partial charge is 0.160 e. The van der Waals surface area contributed by atoms with Gasteiger partial charge in [0, 0.05) is 6.54 Å². The molecule has 0 unspecified atom stereocenters. The Morgan fingerprint density at radius 1 is 0.704 bits per heavy atom. The summed E-state index contributed by atoms with van der Waals surface area (Å²) in [5, 5.41) is 3.47. The lowest BCUT2D eigenvalue weighted by atomic mass is 10.1. The highest BCUT2D eigenvalue weighted by Gasteiger charge is 2.04. The summed E-state index contributed by atoms with van der Waals surface area (Å²) in [6.07, 6.45) is 0.926. The van der Waals surface area contributed by atoms with Gasteiger partial charge in [0.25, 0.3) is 0 Å². The zero-order valence-electron chi connectivity index (χ0n) is 15.8. The van der Waals surface area contributed by atoms with Gasteiger partial charge in [0.2, 0.25) is 0 Å². The lowest BCUT2D eigenvalue weighted by molar-refractivity contribution is 0.354. The maximum absolute atomic E-state index is 5.82. The van der Waals surface area contributed by atoms with Gasteiger partial charge in [-0.2, -0.15) is 0 Å². The number of hydrogen-bond acceptors (Lipinski definition) is 4. The van der Waals surface area contributed by atoms with Crippen LogP contribution in [0.15, 0.2) is 72.8 Å². The van der Waals surface area contributed by atoms with Crippen LogP contribution in [0.3, 0.4) is 0 Å². The van der Waals surface area contributed by atoms with Crippen LogP contribution in [0.1, 0.15) is 11.1 Å². The van der Waals surface area contributed by atoms with E-state index < -0.39 is 0 Å². The zero-order valence-corrected chi connectivity index (χ0v) is 15.8. The molecule has 0 aromatic heterocycles. The molecule has 1 N–H and O–H groups in total. The van der Waals surface area contributed by atoms with Gasteiger partial charge in [0.15, 0.2) is 11.5 Å². The van der Waals surface area contributed by atoms with E-state index in [-0.39, 0.29) is 0 Å². The van der Waals surface area contributed by atoms with Gasteiger partial charge in [0.1, 0.15) is 11.5 Å². The van der Waals surface area contributed by atoms with Crippen LogP contribution in [0.5, 0.6) is 23.0 Å². The summed E-state index contributed by atoms with van der Waals surface area (Å²) in [6.45, 7) is 1.71. The minimum atomic E-state index is 0.757. The van der Waals surface area contributed by atoms with Gasteiger partial charge >= 0.3 is 0 Å². The number of hydrogen-bond donors (Lipinski definition) is 1. The summed E-state index contributed by atoms with van der Waals surface area (Å²) in [4.78, 5) is 0. The molecule has 0 aliphatic heterocycles. The molecule has 0 bridgehead atoms. The summed E-state index contributed by atoms with van der Waals surface area (Å²) < 4.78 is 16.4. The summed E-state index contributed by atoms with van der Waals surface area (Å²) >= 11 is 0. The molecule has 140 valence electrons. The number of ether oxygens (including phenoxy) is 3. The molecule has 0 saturated carbocycles. The SMILES string of the molecule is COc1ccc(CCNCc2ccc(Oc3ccccc3)cc2)cc1OC. The first-order valence-electron chi connectivity index (χ1n) is 9.02. The third kappa shape index (κ3) is 5.50. The van der Waals surface area contributed by atoms with Crippen molar-refractivity contribution in [2.75, 3.05) is 20.8 Å². The van der Waals surface area contributed by atoms with Gasteiger partial charge in [-0.25, -0.2) is 0 Å². The Hall–Kier alpha value is -2.98. The molecule has 27 heavy (non-hydrogen) atoms. The second kappa shape index (κ2) is 9.64. The second-order valence-corrected chi connectivity index (χ2v) is 6.18. The van der Waals surface area contributed by atoms with Gasteiger partial charge in [-0.3, -0.25) is 0 Å². The summed E-state index contributed by atoms with van der Waals surface area (Å²) in [5.41, 5.74) is 2.44. The van der Waals surface area contributed by atoms with Gasteiger partial charge in [0.05, 0.1) is 14.2 Å². The van der Waals surface area contributed by atoms with E-state index in [1.54, 1.807) is 14.2 Å². The zero-order chi connectivity index (χ0) is 18.9. The van der Waals surface area contributed by atoms with Crippen molar-refractivity contribution in [3.05, 3.63) is 83.9 Å². The molecule has 4 nitrogen and oxygen atoms in total. The Morgan fingerprint density at radius 3 is 2.07 bits per heavy atom. The van der Waals surface area contributed by atoms with E-state index in [1.165, 1.54) is 11.1 Å². The van der Waals surface area contributed by atoms with Crippen molar-refractivity contribution in [3.63, 3.8) is 0 Å². The van der Waals surface area contributed by atoms with Crippen LogP contribution in [0.2, 0.25) is 0 Å². The molecule has 0 atom stereocenters. The van der Waals surface area contributed by atoms with Gasteiger partial charge in [-0.15, -0.1) is 0 Å². The average molecular weight is 363 g/mol. The first kappa shape index (κ1) is 18.8. The maximum Gasteiger partial charge on any atom is 0.160 e. The van der Waals surface area contributed by atoms with Gasteiger partial charge in [-0.05, 0) is 60.5 Å². The highest BCUT2D eigenvalue weighted by molar-refractivity contribution is 5.43. The van der Waals surface area contributed by atoms with Crippen LogP contribution in [-0.2, 0) is 13.0 Å². The van der Waals surface area contributed by atoms with Crippen LogP contribution < -0.4 is 19.5 Å². The van der Waals surface area contributed by atoms with Crippen LogP contribution in [0.4, 0.5) is 0 Å². The molecule has 0 heterocycles. The van der Waals surface area contributed by atoms with Gasteiger partial charge < -0.3 is 19.5 Å². The Morgan fingerprint density at radius 2 is 1.37 bits per heavy atom. The summed E-state index contributed by atoms with van der Waals surface area (Å²) in [7, 11) is 3.31. The molecule has 0 spiro atoms. The lowest BCUT2D eigenvalue weighted by Gasteiger charge is -2.10. The maximum atomic E-state index is 5.82. The van der Waals surface area contributed by atoms with Crippen molar-refractivity contribution in [2.24, 2.45) is 0 Å². The van der Waals surface area contributed by atoms with E-state index in [2.05, 4.69) is 23.5 Å². The molecular weight excluding hydrogens is 338 g/mol. The molecule has 0 saturated heterocycles. The van der Waals surface area contributed by atoms with E-state index in [0.29, 0.717) is 0 Å². The Labute approximate surface area is 160 Å². The fraction of sp³-hybridized carbons (Fsp3) is 0.217. The normalized spacial score (nSPS) is 10.4. The van der Waals surface area contributed by atoms with Crippen molar-refractivity contribution in [1.82, 2.24) is 5.32 Å². The summed E-state index contributed by atoms with van der Waals surface area (Å²) in [6, 6.07) is 24.0. The molecule has 0 fully saturated rings. The fourth-order valence-electron chi connectivity index (χ4n) is 2.80. The number of benzene rings is 3. The van der Waals surface area contributed by atoms with E-state index in [4.69, 9.17) is 14.2 Å². The third-order valence-corrected chi connectivity index (χ3v) is 4.27. The quantitative estimate of drug-likeness (QED) is 0.553. The first-order chi connectivity index (χ1) is 13.3. The van der Waals surface area contributed by atoms with E-state index in [9.17, 15) is 0 Å². The number of para-hydroxylation sites is 1.